The fourth-order valence-electron chi connectivity index (χ4n) is 3.26. The summed E-state index contributed by atoms with van der Waals surface area (Å²) in [4.78, 5) is 11.9. The zero-order valence-corrected chi connectivity index (χ0v) is 15.2. The number of nitrogens with zero attached hydrogens (tertiary/aromatic N) is 1. The van der Waals surface area contributed by atoms with Crippen LogP contribution < -0.4 is 14.8 Å². The lowest BCUT2D eigenvalue weighted by Crippen LogP contribution is -2.22. The number of fused-ring (bicyclic) bond motifs is 1. The number of aromatic amines is 1. The summed E-state index contributed by atoms with van der Waals surface area (Å²) in [6.45, 7) is 0. The number of anilines is 1. The van der Waals surface area contributed by atoms with E-state index >= 15 is 0 Å². The van der Waals surface area contributed by atoms with Crippen LogP contribution in [-0.2, 0) is 11.0 Å². The van der Waals surface area contributed by atoms with E-state index in [0.717, 1.165) is 23.3 Å². The van der Waals surface area contributed by atoms with E-state index in [0.29, 0.717) is 11.6 Å². The van der Waals surface area contributed by atoms with Crippen molar-refractivity contribution in [2.24, 2.45) is 0 Å². The Morgan fingerprint density at radius 3 is 2.48 bits per heavy atom. The highest BCUT2D eigenvalue weighted by molar-refractivity contribution is 5.94. The quantitative estimate of drug-likeness (QED) is 0.662. The zero-order valence-electron chi connectivity index (χ0n) is 15.2. The highest BCUT2D eigenvalue weighted by Gasteiger charge is 2.32. The number of carbonyl (C=O) groups excluding carboxylic acids is 1. The minimum Gasteiger partial charge on any atom is -0.497 e. The molecule has 1 atom stereocenters. The van der Waals surface area contributed by atoms with Crippen LogP contribution in [0.2, 0.25) is 0 Å². The molecule has 0 saturated heterocycles. The van der Waals surface area contributed by atoms with Gasteiger partial charge < -0.3 is 14.8 Å². The molecule has 0 aliphatic carbocycles. The number of aromatic nitrogens is 2. The molecule has 29 heavy (non-hydrogen) atoms. The zero-order chi connectivity index (χ0) is 20.6. The molecule has 4 rings (SSSR count). The molecule has 0 radical (unpaired) electrons. The Morgan fingerprint density at radius 1 is 1.07 bits per heavy atom. The van der Waals surface area contributed by atoms with Crippen molar-refractivity contribution < 1.29 is 27.4 Å². The van der Waals surface area contributed by atoms with Crippen LogP contribution in [0.4, 0.5) is 19.0 Å². The molecule has 9 heteroatoms. The van der Waals surface area contributed by atoms with Crippen LogP contribution in [0.5, 0.6) is 17.2 Å². The molecule has 2 N–H and O–H groups in total. The van der Waals surface area contributed by atoms with Crippen LogP contribution in [0.1, 0.15) is 29.0 Å². The van der Waals surface area contributed by atoms with Gasteiger partial charge in [0.1, 0.15) is 17.2 Å². The lowest BCUT2D eigenvalue weighted by molar-refractivity contribution is -0.137. The number of hydrogen-bond acceptors (Lipinski definition) is 4. The minimum atomic E-state index is -4.51. The number of alkyl halides is 3. The molecular weight excluding hydrogens is 387 g/mol. The van der Waals surface area contributed by atoms with Gasteiger partial charge in [0, 0.05) is 30.2 Å². The van der Waals surface area contributed by atoms with E-state index in [1.54, 1.807) is 30.5 Å². The van der Waals surface area contributed by atoms with Crippen molar-refractivity contribution in [3.05, 3.63) is 65.4 Å². The number of rotatable bonds is 4. The molecule has 6 nitrogen and oxygen atoms in total. The van der Waals surface area contributed by atoms with Crippen molar-refractivity contribution in [2.75, 3.05) is 12.4 Å². The second kappa shape index (κ2) is 7.16. The Bertz CT molecular complexity index is 1050. The van der Waals surface area contributed by atoms with Gasteiger partial charge in [0.15, 0.2) is 5.82 Å². The summed E-state index contributed by atoms with van der Waals surface area (Å²) in [5, 5.41) is 9.46. The smallest absolute Gasteiger partial charge is 0.416 e. The third-order valence-corrected chi connectivity index (χ3v) is 4.65. The van der Waals surface area contributed by atoms with E-state index in [-0.39, 0.29) is 29.7 Å². The van der Waals surface area contributed by atoms with Gasteiger partial charge in [-0.25, -0.2) is 0 Å². The maximum absolute atomic E-state index is 13.1. The summed E-state index contributed by atoms with van der Waals surface area (Å²) in [5.74, 6) is 0.627. The Balaban J connectivity index is 1.58. The average Bonchev–Trinajstić information content (AvgIpc) is 3.15. The van der Waals surface area contributed by atoms with E-state index in [4.69, 9.17) is 9.47 Å². The number of hydrogen-bond donors (Lipinski definition) is 2. The molecule has 0 saturated carbocycles. The van der Waals surface area contributed by atoms with E-state index in [9.17, 15) is 18.0 Å². The molecule has 2 heterocycles. The van der Waals surface area contributed by atoms with Gasteiger partial charge >= 0.3 is 6.18 Å². The van der Waals surface area contributed by atoms with Crippen molar-refractivity contribution in [2.45, 2.75) is 18.5 Å². The van der Waals surface area contributed by atoms with Gasteiger partial charge in [-0.05, 0) is 29.8 Å². The van der Waals surface area contributed by atoms with Crippen LogP contribution in [-0.4, -0.2) is 23.2 Å². The summed E-state index contributed by atoms with van der Waals surface area (Å²) in [6, 6.07) is 10.1. The Morgan fingerprint density at radius 2 is 1.79 bits per heavy atom. The number of ether oxygens (including phenoxy) is 2. The molecule has 1 aliphatic rings. The van der Waals surface area contributed by atoms with Gasteiger partial charge in [0.2, 0.25) is 5.91 Å². The van der Waals surface area contributed by atoms with Crippen LogP contribution in [0.15, 0.2) is 48.7 Å². The second-order valence-corrected chi connectivity index (χ2v) is 6.56. The lowest BCUT2D eigenvalue weighted by Gasteiger charge is -2.22. The minimum absolute atomic E-state index is 0.0126. The van der Waals surface area contributed by atoms with Gasteiger partial charge in [-0.2, -0.15) is 18.3 Å². The van der Waals surface area contributed by atoms with Crippen molar-refractivity contribution in [3.8, 4) is 17.2 Å². The highest BCUT2D eigenvalue weighted by atomic mass is 19.4. The number of H-pyrrole nitrogens is 1. The van der Waals surface area contributed by atoms with Crippen LogP contribution in [0.25, 0.3) is 0 Å². The summed E-state index contributed by atoms with van der Waals surface area (Å²) < 4.78 is 49.7. The van der Waals surface area contributed by atoms with E-state index in [2.05, 4.69) is 15.5 Å². The molecule has 0 bridgehead atoms. The molecule has 2 aromatic carbocycles. The molecule has 1 unspecified atom stereocenters. The van der Waals surface area contributed by atoms with Crippen molar-refractivity contribution >= 4 is 11.7 Å². The summed E-state index contributed by atoms with van der Waals surface area (Å²) in [6.07, 6.45) is -2.50. The SMILES string of the molecule is COc1cc(Oc2ccc(C3CC(=O)Nc4n[nH]cc43)cc2)cc(C(F)(F)F)c1. The molecule has 1 aromatic heterocycles. The highest BCUT2D eigenvalue weighted by Crippen LogP contribution is 2.38. The van der Waals surface area contributed by atoms with Crippen molar-refractivity contribution in [3.63, 3.8) is 0 Å². The molecule has 0 spiro atoms. The van der Waals surface area contributed by atoms with E-state index in [1.165, 1.54) is 13.2 Å². The fourth-order valence-corrected chi connectivity index (χ4v) is 3.26. The number of nitrogens with one attached hydrogen (secondary N) is 2. The summed E-state index contributed by atoms with van der Waals surface area (Å²) >= 11 is 0. The largest absolute Gasteiger partial charge is 0.497 e. The van der Waals surface area contributed by atoms with Crippen molar-refractivity contribution in [1.29, 1.82) is 0 Å². The Kier molecular flexibility index (Phi) is 4.65. The summed E-state index contributed by atoms with van der Waals surface area (Å²) in [5.41, 5.74) is 0.890. The molecular formula is C20H16F3N3O3. The summed E-state index contributed by atoms with van der Waals surface area (Å²) in [7, 11) is 1.29. The van der Waals surface area contributed by atoms with Gasteiger partial charge in [0.05, 0.1) is 12.7 Å². The predicted octanol–water partition coefficient (Wildman–Crippen LogP) is 4.70. The van der Waals surface area contributed by atoms with E-state index in [1.807, 2.05) is 0 Å². The second-order valence-electron chi connectivity index (χ2n) is 6.56. The first kappa shape index (κ1) is 18.9. The molecule has 1 amide bonds. The molecule has 150 valence electrons. The number of halogens is 3. The third kappa shape index (κ3) is 3.89. The molecule has 0 fully saturated rings. The molecule has 1 aliphatic heterocycles. The Labute approximate surface area is 163 Å². The Hall–Kier alpha value is -3.49. The standard InChI is InChI=1S/C20H16F3N3O3/c1-28-14-6-12(20(21,22)23)7-15(8-14)29-13-4-2-11(3-5-13)16-9-18(27)25-19-17(16)10-24-26-19/h2-8,10,16H,9H2,1H3,(H2,24,25,26,27). The third-order valence-electron chi connectivity index (χ3n) is 4.65. The number of amides is 1. The number of carbonyl (C=O) groups is 1. The van der Waals surface area contributed by atoms with E-state index < -0.39 is 11.7 Å². The van der Waals surface area contributed by atoms with Crippen LogP contribution in [0, 0.1) is 0 Å². The fraction of sp³-hybridized carbons (Fsp3) is 0.200. The average molecular weight is 403 g/mol. The maximum atomic E-state index is 13.1. The maximum Gasteiger partial charge on any atom is 0.416 e. The normalized spacial score (nSPS) is 16.1. The monoisotopic (exact) mass is 403 g/mol. The van der Waals surface area contributed by atoms with Crippen molar-refractivity contribution in [1.82, 2.24) is 10.2 Å². The topological polar surface area (TPSA) is 76.2 Å². The number of benzene rings is 2. The first-order valence-corrected chi connectivity index (χ1v) is 8.71. The van der Waals surface area contributed by atoms with Gasteiger partial charge in [-0.1, -0.05) is 12.1 Å². The number of methoxy groups -OCH3 is 1. The molecule has 3 aromatic rings. The van der Waals surface area contributed by atoms with Gasteiger partial charge in [-0.3, -0.25) is 9.89 Å². The van der Waals surface area contributed by atoms with Crippen LogP contribution in [0.3, 0.4) is 0 Å². The first-order valence-electron chi connectivity index (χ1n) is 8.71. The first-order chi connectivity index (χ1) is 13.8. The van der Waals surface area contributed by atoms with Crippen LogP contribution >= 0.6 is 0 Å². The van der Waals surface area contributed by atoms with Gasteiger partial charge in [0.25, 0.3) is 0 Å². The lowest BCUT2D eigenvalue weighted by atomic mass is 9.87. The predicted molar refractivity (Wildman–Crippen MR) is 98.2 cm³/mol. The van der Waals surface area contributed by atoms with Gasteiger partial charge in [-0.15, -0.1) is 0 Å².